The van der Waals surface area contributed by atoms with Crippen molar-refractivity contribution in [3.8, 4) is 0 Å². The second kappa shape index (κ2) is 2.93. The lowest BCUT2D eigenvalue weighted by atomic mass is 10.3. The highest BCUT2D eigenvalue weighted by Crippen LogP contribution is 2.19. The van der Waals surface area contributed by atoms with E-state index in [9.17, 15) is 13.2 Å². The number of nitrogens with zero attached hydrogens (tertiary/aromatic N) is 2. The first-order chi connectivity index (χ1) is 5.41. The SMILES string of the molecule is CC1NCC(C(F)(F)F)=NN1C. The van der Waals surface area contributed by atoms with Crippen molar-refractivity contribution in [2.24, 2.45) is 5.10 Å². The van der Waals surface area contributed by atoms with E-state index in [-0.39, 0.29) is 12.7 Å². The highest BCUT2D eigenvalue weighted by atomic mass is 19.4. The average molecular weight is 181 g/mol. The second-order valence-corrected chi connectivity index (χ2v) is 2.67. The van der Waals surface area contributed by atoms with Crippen LogP contribution in [0.25, 0.3) is 0 Å². The Balaban J connectivity index is 2.75. The minimum Gasteiger partial charge on any atom is -0.291 e. The first-order valence-electron chi connectivity index (χ1n) is 3.52. The Morgan fingerprint density at radius 2 is 2.17 bits per heavy atom. The summed E-state index contributed by atoms with van der Waals surface area (Å²) in [6.07, 6.45) is -4.46. The summed E-state index contributed by atoms with van der Waals surface area (Å²) in [5, 5.41) is 7.32. The lowest BCUT2D eigenvalue weighted by Crippen LogP contribution is -2.49. The molecule has 1 aliphatic rings. The molecule has 6 heteroatoms. The van der Waals surface area contributed by atoms with Gasteiger partial charge in [-0.1, -0.05) is 0 Å². The predicted molar refractivity (Wildman–Crippen MR) is 38.7 cm³/mol. The Bertz CT molecular complexity index is 199. The van der Waals surface area contributed by atoms with E-state index in [1.54, 1.807) is 6.92 Å². The second-order valence-electron chi connectivity index (χ2n) is 2.67. The number of nitrogens with one attached hydrogen (secondary N) is 1. The fraction of sp³-hybridized carbons (Fsp3) is 0.833. The van der Waals surface area contributed by atoms with Crippen molar-refractivity contribution in [1.29, 1.82) is 0 Å². The van der Waals surface area contributed by atoms with Crippen LogP contribution in [-0.2, 0) is 0 Å². The summed E-state index contributed by atoms with van der Waals surface area (Å²) in [5.41, 5.74) is -0.775. The van der Waals surface area contributed by atoms with Gasteiger partial charge in [0.2, 0.25) is 0 Å². The van der Waals surface area contributed by atoms with Crippen LogP contribution < -0.4 is 5.32 Å². The maximum Gasteiger partial charge on any atom is 0.432 e. The van der Waals surface area contributed by atoms with Gasteiger partial charge in [0.1, 0.15) is 0 Å². The van der Waals surface area contributed by atoms with Gasteiger partial charge in [-0.25, -0.2) is 0 Å². The molecule has 1 rings (SSSR count). The highest BCUT2D eigenvalue weighted by Gasteiger charge is 2.38. The van der Waals surface area contributed by atoms with Crippen LogP contribution in [0.2, 0.25) is 0 Å². The van der Waals surface area contributed by atoms with Gasteiger partial charge in [0.25, 0.3) is 0 Å². The van der Waals surface area contributed by atoms with Gasteiger partial charge in [0.05, 0.1) is 6.17 Å². The minimum atomic E-state index is -4.32. The third-order valence-corrected chi connectivity index (χ3v) is 1.73. The smallest absolute Gasteiger partial charge is 0.291 e. The zero-order chi connectivity index (χ0) is 9.35. The third-order valence-electron chi connectivity index (χ3n) is 1.73. The largest absolute Gasteiger partial charge is 0.432 e. The van der Waals surface area contributed by atoms with Gasteiger partial charge >= 0.3 is 6.18 Å². The molecule has 0 bridgehead atoms. The van der Waals surface area contributed by atoms with E-state index in [2.05, 4.69) is 10.4 Å². The van der Waals surface area contributed by atoms with E-state index in [0.29, 0.717) is 0 Å². The molecule has 1 atom stereocenters. The van der Waals surface area contributed by atoms with Crippen LogP contribution in [0.1, 0.15) is 6.92 Å². The van der Waals surface area contributed by atoms with Crippen LogP contribution in [0.4, 0.5) is 13.2 Å². The molecular weight excluding hydrogens is 171 g/mol. The zero-order valence-electron chi connectivity index (χ0n) is 6.81. The van der Waals surface area contributed by atoms with E-state index in [0.717, 1.165) is 0 Å². The van der Waals surface area contributed by atoms with E-state index >= 15 is 0 Å². The Morgan fingerprint density at radius 1 is 1.58 bits per heavy atom. The maximum absolute atomic E-state index is 12.0. The van der Waals surface area contributed by atoms with Gasteiger partial charge in [0, 0.05) is 13.6 Å². The number of rotatable bonds is 0. The van der Waals surface area contributed by atoms with E-state index in [1.807, 2.05) is 0 Å². The number of alkyl halides is 3. The van der Waals surface area contributed by atoms with Crippen molar-refractivity contribution in [3.63, 3.8) is 0 Å². The molecule has 0 amide bonds. The minimum absolute atomic E-state index is 0.143. The zero-order valence-corrected chi connectivity index (χ0v) is 6.81. The molecule has 70 valence electrons. The summed E-state index contributed by atoms with van der Waals surface area (Å²) in [6, 6.07) is 0. The summed E-state index contributed by atoms with van der Waals surface area (Å²) < 4.78 is 36.1. The topological polar surface area (TPSA) is 27.6 Å². The molecule has 0 radical (unpaired) electrons. The molecule has 0 aromatic carbocycles. The van der Waals surface area contributed by atoms with Crippen LogP contribution in [0.5, 0.6) is 0 Å². The molecule has 1 heterocycles. The van der Waals surface area contributed by atoms with Crippen LogP contribution in [0.3, 0.4) is 0 Å². The Kier molecular flexibility index (Phi) is 2.27. The molecule has 0 fully saturated rings. The van der Waals surface area contributed by atoms with Crippen molar-refractivity contribution < 1.29 is 13.2 Å². The summed E-state index contributed by atoms with van der Waals surface area (Å²) in [6.45, 7) is 1.53. The van der Waals surface area contributed by atoms with E-state index in [1.165, 1.54) is 12.1 Å². The number of hydrogen-bond acceptors (Lipinski definition) is 3. The van der Waals surface area contributed by atoms with Crippen molar-refractivity contribution in [2.45, 2.75) is 19.3 Å². The lowest BCUT2D eigenvalue weighted by Gasteiger charge is -2.29. The lowest BCUT2D eigenvalue weighted by molar-refractivity contribution is -0.0634. The fourth-order valence-electron chi connectivity index (χ4n) is 0.846. The van der Waals surface area contributed by atoms with Crippen LogP contribution in [0, 0.1) is 0 Å². The Hall–Kier alpha value is -0.780. The molecular formula is C6H10F3N3. The first kappa shape index (κ1) is 9.31. The highest BCUT2D eigenvalue weighted by molar-refractivity contribution is 5.91. The Morgan fingerprint density at radius 3 is 2.58 bits per heavy atom. The van der Waals surface area contributed by atoms with Gasteiger partial charge in [-0.2, -0.15) is 18.3 Å². The van der Waals surface area contributed by atoms with Crippen molar-refractivity contribution in [3.05, 3.63) is 0 Å². The normalized spacial score (nSPS) is 25.6. The summed E-state index contributed by atoms with van der Waals surface area (Å²) >= 11 is 0. The summed E-state index contributed by atoms with van der Waals surface area (Å²) in [5.74, 6) is 0. The molecule has 1 aliphatic heterocycles. The molecule has 0 spiro atoms. The summed E-state index contributed by atoms with van der Waals surface area (Å²) in [4.78, 5) is 0. The first-order valence-corrected chi connectivity index (χ1v) is 3.52. The van der Waals surface area contributed by atoms with E-state index < -0.39 is 11.9 Å². The number of hydrogen-bond donors (Lipinski definition) is 1. The molecule has 12 heavy (non-hydrogen) atoms. The Labute approximate surface area is 68.2 Å². The molecule has 0 saturated heterocycles. The van der Waals surface area contributed by atoms with Gasteiger partial charge in [0.15, 0.2) is 5.71 Å². The number of halogens is 3. The molecule has 1 unspecified atom stereocenters. The van der Waals surface area contributed by atoms with Gasteiger partial charge in [-0.05, 0) is 6.92 Å². The molecule has 0 aromatic rings. The van der Waals surface area contributed by atoms with Crippen LogP contribution >= 0.6 is 0 Å². The van der Waals surface area contributed by atoms with Gasteiger partial charge in [-0.3, -0.25) is 10.3 Å². The molecule has 0 saturated carbocycles. The molecule has 1 N–H and O–H groups in total. The maximum atomic E-state index is 12.0. The van der Waals surface area contributed by atoms with Crippen LogP contribution in [-0.4, -0.2) is 36.7 Å². The fourth-order valence-corrected chi connectivity index (χ4v) is 0.846. The van der Waals surface area contributed by atoms with Gasteiger partial charge < -0.3 is 0 Å². The van der Waals surface area contributed by atoms with Gasteiger partial charge in [-0.15, -0.1) is 0 Å². The average Bonchev–Trinajstić information content (AvgIpc) is 1.92. The van der Waals surface area contributed by atoms with Crippen molar-refractivity contribution in [2.75, 3.05) is 13.6 Å². The monoisotopic (exact) mass is 181 g/mol. The summed E-state index contributed by atoms with van der Waals surface area (Å²) in [7, 11) is 1.50. The number of hydrazone groups is 1. The standard InChI is InChI=1S/C6H10F3N3/c1-4-10-3-5(6(7,8)9)11-12(4)2/h4,10H,3H2,1-2H3. The van der Waals surface area contributed by atoms with E-state index in [4.69, 9.17) is 0 Å². The quantitative estimate of drug-likeness (QED) is 0.598. The molecule has 0 aromatic heterocycles. The third kappa shape index (κ3) is 1.88. The van der Waals surface area contributed by atoms with Crippen molar-refractivity contribution in [1.82, 2.24) is 10.3 Å². The molecule has 3 nitrogen and oxygen atoms in total. The van der Waals surface area contributed by atoms with Crippen molar-refractivity contribution >= 4 is 5.71 Å². The predicted octanol–water partition coefficient (Wildman–Crippen LogP) is 0.786. The van der Waals surface area contributed by atoms with Crippen LogP contribution in [0.15, 0.2) is 5.10 Å². The molecule has 0 aliphatic carbocycles.